The van der Waals surface area contributed by atoms with Crippen molar-refractivity contribution in [2.45, 2.75) is 11.2 Å². The Morgan fingerprint density at radius 3 is 2.33 bits per heavy atom. The minimum Gasteiger partial charge on any atom is -0.550 e. The zero-order valence-electron chi connectivity index (χ0n) is 7.57. The third kappa shape index (κ3) is 3.64. The fourth-order valence-electron chi connectivity index (χ4n) is 1.03. The summed E-state index contributed by atoms with van der Waals surface area (Å²) in [7, 11) is 0. The molecule has 0 heterocycles. The summed E-state index contributed by atoms with van der Waals surface area (Å²) in [5, 5.41) is 10.8. The van der Waals surface area contributed by atoms with Crippen LogP contribution in [0, 0.1) is 0 Å². The summed E-state index contributed by atoms with van der Waals surface area (Å²) in [6.45, 7) is 0. The average molecular weight is 291 g/mol. The Balaban J connectivity index is 2.76. The van der Waals surface area contributed by atoms with Crippen molar-refractivity contribution in [3.8, 4) is 0 Å². The minimum atomic E-state index is -1.26. The van der Waals surface area contributed by atoms with E-state index >= 15 is 0 Å². The lowest BCUT2D eigenvalue weighted by atomic mass is 10.1. The van der Waals surface area contributed by atoms with E-state index in [-0.39, 0.29) is 12.2 Å². The lowest BCUT2D eigenvalue weighted by Crippen LogP contribution is -2.28. The number of hydrogen-bond donors (Lipinski definition) is 0. The highest BCUT2D eigenvalue weighted by Crippen LogP contribution is 2.15. The van der Waals surface area contributed by atoms with Crippen LogP contribution in [0.25, 0.3) is 0 Å². The van der Waals surface area contributed by atoms with Crippen LogP contribution in [0.5, 0.6) is 0 Å². The molecule has 0 aliphatic rings. The number of rotatable bonds is 4. The molecule has 80 valence electrons. The molecule has 1 aromatic rings. The summed E-state index contributed by atoms with van der Waals surface area (Å²) in [4.78, 5) is 21.1. The van der Waals surface area contributed by atoms with Gasteiger partial charge in [-0.3, -0.25) is 4.79 Å². The van der Waals surface area contributed by atoms with Crippen LogP contribution in [0.2, 0.25) is 5.02 Å². The molecule has 1 unspecified atom stereocenters. The highest BCUT2D eigenvalue weighted by Gasteiger charge is 2.16. The van der Waals surface area contributed by atoms with Gasteiger partial charge in [-0.2, -0.15) is 0 Å². The monoisotopic (exact) mass is 289 g/mol. The molecule has 15 heavy (non-hydrogen) atoms. The molecule has 1 atom stereocenters. The first-order valence-electron chi connectivity index (χ1n) is 4.14. The molecule has 1 rings (SSSR count). The number of halogens is 2. The van der Waals surface area contributed by atoms with Crippen LogP contribution in [0.4, 0.5) is 0 Å². The standard InChI is InChI=1S/C10H8BrClO3/c11-8(5-9(13)14)10(15)6-1-3-7(12)4-2-6/h1-4,8H,5H2,(H,13,14)/p-1. The molecule has 1 aromatic carbocycles. The van der Waals surface area contributed by atoms with E-state index in [2.05, 4.69) is 15.9 Å². The van der Waals surface area contributed by atoms with Crippen LogP contribution in [0.3, 0.4) is 0 Å². The van der Waals surface area contributed by atoms with Gasteiger partial charge in [0.05, 0.1) is 4.83 Å². The Labute approximate surface area is 100 Å². The van der Waals surface area contributed by atoms with Crippen molar-refractivity contribution in [2.75, 3.05) is 0 Å². The number of benzene rings is 1. The molecule has 0 radical (unpaired) electrons. The zero-order chi connectivity index (χ0) is 11.4. The predicted molar refractivity (Wildman–Crippen MR) is 58.1 cm³/mol. The number of alkyl halides is 1. The quantitative estimate of drug-likeness (QED) is 0.622. The van der Waals surface area contributed by atoms with Crippen LogP contribution in [-0.4, -0.2) is 16.6 Å². The SMILES string of the molecule is O=C([O-])CC(Br)C(=O)c1ccc(Cl)cc1. The molecule has 0 bridgehead atoms. The van der Waals surface area contributed by atoms with E-state index in [4.69, 9.17) is 11.6 Å². The second-order valence-electron chi connectivity index (χ2n) is 2.91. The van der Waals surface area contributed by atoms with Crippen molar-refractivity contribution in [3.63, 3.8) is 0 Å². The topological polar surface area (TPSA) is 57.2 Å². The smallest absolute Gasteiger partial charge is 0.176 e. The number of carbonyl (C=O) groups excluding carboxylic acids is 2. The maximum Gasteiger partial charge on any atom is 0.176 e. The van der Waals surface area contributed by atoms with Crippen molar-refractivity contribution in [3.05, 3.63) is 34.9 Å². The average Bonchev–Trinajstić information content (AvgIpc) is 2.17. The molecule has 0 amide bonds. The van der Waals surface area contributed by atoms with Gasteiger partial charge in [-0.1, -0.05) is 27.5 Å². The van der Waals surface area contributed by atoms with E-state index in [1.54, 1.807) is 24.3 Å². The zero-order valence-corrected chi connectivity index (χ0v) is 9.92. The Morgan fingerprint density at radius 1 is 1.33 bits per heavy atom. The molecule has 5 heteroatoms. The van der Waals surface area contributed by atoms with Gasteiger partial charge >= 0.3 is 0 Å². The Kier molecular flexibility index (Phi) is 4.29. The summed E-state index contributed by atoms with van der Waals surface area (Å²) in [5.74, 6) is -1.56. The highest BCUT2D eigenvalue weighted by molar-refractivity contribution is 9.10. The van der Waals surface area contributed by atoms with Crippen LogP contribution < -0.4 is 5.11 Å². The number of ketones is 1. The summed E-state index contributed by atoms with van der Waals surface area (Å²) < 4.78 is 0. The van der Waals surface area contributed by atoms with Gasteiger partial charge < -0.3 is 9.90 Å². The van der Waals surface area contributed by atoms with Crippen LogP contribution in [0.1, 0.15) is 16.8 Å². The number of Topliss-reactive ketones (excluding diaryl/α,β-unsaturated/α-hetero) is 1. The fourth-order valence-corrected chi connectivity index (χ4v) is 1.69. The van der Waals surface area contributed by atoms with Crippen LogP contribution in [-0.2, 0) is 4.79 Å². The van der Waals surface area contributed by atoms with Crippen LogP contribution in [0.15, 0.2) is 24.3 Å². The largest absolute Gasteiger partial charge is 0.550 e. The second kappa shape index (κ2) is 5.28. The van der Waals surface area contributed by atoms with Gasteiger partial charge in [0.2, 0.25) is 0 Å². The van der Waals surface area contributed by atoms with E-state index in [0.29, 0.717) is 10.6 Å². The van der Waals surface area contributed by atoms with E-state index < -0.39 is 10.8 Å². The summed E-state index contributed by atoms with van der Waals surface area (Å²) in [6.07, 6.45) is -0.346. The number of carbonyl (C=O) groups is 2. The van der Waals surface area contributed by atoms with Gasteiger partial charge in [-0.15, -0.1) is 0 Å². The van der Waals surface area contributed by atoms with Gasteiger partial charge in [0.15, 0.2) is 5.78 Å². The number of carboxylic acid groups (broad SMARTS) is 1. The first-order valence-corrected chi connectivity index (χ1v) is 5.44. The maximum absolute atomic E-state index is 11.6. The Morgan fingerprint density at radius 2 is 1.87 bits per heavy atom. The molecule has 0 aromatic heterocycles. The first kappa shape index (κ1) is 12.2. The van der Waals surface area contributed by atoms with Gasteiger partial charge in [-0.25, -0.2) is 0 Å². The van der Waals surface area contributed by atoms with Gasteiger partial charge in [0, 0.05) is 23.0 Å². The molecular weight excluding hydrogens is 283 g/mol. The maximum atomic E-state index is 11.6. The number of carboxylic acids is 1. The number of hydrogen-bond acceptors (Lipinski definition) is 3. The normalized spacial score (nSPS) is 12.1. The van der Waals surface area contributed by atoms with Gasteiger partial charge in [0.25, 0.3) is 0 Å². The van der Waals surface area contributed by atoms with Crippen molar-refractivity contribution >= 4 is 39.3 Å². The molecule has 0 saturated carbocycles. The van der Waals surface area contributed by atoms with Gasteiger partial charge in [-0.05, 0) is 24.3 Å². The molecule has 0 aliphatic heterocycles. The minimum absolute atomic E-state index is 0.295. The molecule has 0 aliphatic carbocycles. The second-order valence-corrected chi connectivity index (χ2v) is 4.46. The lowest BCUT2D eigenvalue weighted by molar-refractivity contribution is -0.305. The van der Waals surface area contributed by atoms with E-state index in [1.165, 1.54) is 0 Å². The Bertz CT molecular complexity index is 375. The highest BCUT2D eigenvalue weighted by atomic mass is 79.9. The molecule has 0 spiro atoms. The van der Waals surface area contributed by atoms with Crippen molar-refractivity contribution in [2.24, 2.45) is 0 Å². The first-order chi connectivity index (χ1) is 7.00. The third-order valence-corrected chi connectivity index (χ3v) is 2.75. The van der Waals surface area contributed by atoms with E-state index in [1.807, 2.05) is 0 Å². The molecular formula is C10H7BrClO3-. The molecule has 3 nitrogen and oxygen atoms in total. The molecule has 0 saturated heterocycles. The lowest BCUT2D eigenvalue weighted by Gasteiger charge is -2.09. The van der Waals surface area contributed by atoms with Crippen molar-refractivity contribution < 1.29 is 14.7 Å². The van der Waals surface area contributed by atoms with E-state index in [9.17, 15) is 14.7 Å². The van der Waals surface area contributed by atoms with Crippen molar-refractivity contribution in [1.29, 1.82) is 0 Å². The van der Waals surface area contributed by atoms with E-state index in [0.717, 1.165) is 0 Å². The predicted octanol–water partition coefficient (Wildman–Crippen LogP) is 1.43. The fraction of sp³-hybridized carbons (Fsp3) is 0.200. The Hall–Kier alpha value is -0.870. The van der Waals surface area contributed by atoms with Crippen molar-refractivity contribution in [1.82, 2.24) is 0 Å². The molecule has 0 N–H and O–H groups in total. The summed E-state index contributed by atoms with van der Waals surface area (Å²) >= 11 is 8.65. The van der Waals surface area contributed by atoms with Crippen LogP contribution >= 0.6 is 27.5 Å². The third-order valence-electron chi connectivity index (χ3n) is 1.76. The summed E-state index contributed by atoms with van der Waals surface area (Å²) in [6, 6.07) is 6.25. The number of aliphatic carboxylic acids is 1. The van der Waals surface area contributed by atoms with Gasteiger partial charge in [0.1, 0.15) is 0 Å². The summed E-state index contributed by atoms with van der Waals surface area (Å²) in [5.41, 5.74) is 0.419. The molecule has 0 fully saturated rings.